The predicted octanol–water partition coefficient (Wildman–Crippen LogP) is 2.44. The second-order valence-corrected chi connectivity index (χ2v) is 3.16. The summed E-state index contributed by atoms with van der Waals surface area (Å²) in [5, 5.41) is 0.282. The Morgan fingerprint density at radius 3 is 2.92 bits per heavy atom. The van der Waals surface area contributed by atoms with Crippen molar-refractivity contribution in [3.05, 3.63) is 28.5 Å². The van der Waals surface area contributed by atoms with Crippen molar-refractivity contribution >= 4 is 17.4 Å². The van der Waals surface area contributed by atoms with E-state index >= 15 is 0 Å². The Balaban J connectivity index is 2.67. The highest BCUT2D eigenvalue weighted by Gasteiger charge is 2.24. The number of hydrogen-bond acceptors (Lipinski definition) is 2. The fraction of sp³-hybridized carbons (Fsp3) is 0.222. The number of rotatable bonds is 0. The van der Waals surface area contributed by atoms with Crippen LogP contribution in [0, 0.1) is 5.82 Å². The number of halogens is 2. The van der Waals surface area contributed by atoms with Gasteiger partial charge in [0.25, 0.3) is 0 Å². The van der Waals surface area contributed by atoms with Gasteiger partial charge in [0.2, 0.25) is 0 Å². The third kappa shape index (κ3) is 1.29. The van der Waals surface area contributed by atoms with Crippen molar-refractivity contribution in [3.63, 3.8) is 0 Å². The Hall–Kier alpha value is -1.09. The van der Waals surface area contributed by atoms with Crippen LogP contribution in [-0.4, -0.2) is 12.4 Å². The maximum Gasteiger partial charge on any atom is 0.173 e. The van der Waals surface area contributed by atoms with Gasteiger partial charge in [-0.25, -0.2) is 4.39 Å². The van der Waals surface area contributed by atoms with Crippen LogP contribution in [0.15, 0.2) is 12.1 Å². The minimum atomic E-state index is -0.566. The van der Waals surface area contributed by atoms with E-state index in [1.165, 1.54) is 12.1 Å². The lowest BCUT2D eigenvalue weighted by Gasteiger charge is -2.17. The molecule has 0 aliphatic carbocycles. The summed E-state index contributed by atoms with van der Waals surface area (Å²) in [5.74, 6) is -0.636. The summed E-state index contributed by atoms with van der Waals surface area (Å²) in [6.07, 6.45) is 0.213. The van der Waals surface area contributed by atoms with Crippen molar-refractivity contribution in [1.82, 2.24) is 0 Å². The second-order valence-electron chi connectivity index (χ2n) is 2.75. The largest absolute Gasteiger partial charge is 0.491 e. The normalized spacial score (nSPS) is 15.1. The molecule has 4 heteroatoms. The molecule has 0 aromatic heterocycles. The zero-order valence-electron chi connectivity index (χ0n) is 6.64. The molecule has 0 saturated heterocycles. The summed E-state index contributed by atoms with van der Waals surface area (Å²) in [7, 11) is 0. The van der Waals surface area contributed by atoms with Gasteiger partial charge in [0.1, 0.15) is 5.82 Å². The van der Waals surface area contributed by atoms with Crippen LogP contribution in [0.3, 0.4) is 0 Å². The number of benzene rings is 1. The zero-order valence-corrected chi connectivity index (χ0v) is 7.40. The molecule has 0 spiro atoms. The minimum absolute atomic E-state index is 0.0150. The summed E-state index contributed by atoms with van der Waals surface area (Å²) in [4.78, 5) is 11.3. The van der Waals surface area contributed by atoms with E-state index in [9.17, 15) is 9.18 Å². The first-order valence-electron chi connectivity index (χ1n) is 3.84. The van der Waals surface area contributed by atoms with Crippen molar-refractivity contribution < 1.29 is 13.9 Å². The number of ketones is 1. The molecule has 13 heavy (non-hydrogen) atoms. The molecule has 0 amide bonds. The lowest BCUT2D eigenvalue weighted by Crippen LogP contribution is -2.17. The van der Waals surface area contributed by atoms with E-state index in [4.69, 9.17) is 16.3 Å². The Morgan fingerprint density at radius 2 is 2.23 bits per heavy atom. The van der Waals surface area contributed by atoms with Gasteiger partial charge in [0, 0.05) is 6.42 Å². The summed E-state index contributed by atoms with van der Waals surface area (Å²) < 4.78 is 18.3. The number of hydrogen-bond donors (Lipinski definition) is 0. The van der Waals surface area contributed by atoms with Crippen LogP contribution in [0.4, 0.5) is 4.39 Å². The average molecular weight is 201 g/mol. The standard InChI is InChI=1S/C9H6ClFO2/c10-5-1-2-6(11)8-7(12)3-4-13-9(5)8/h1-2H,3-4H2. The summed E-state index contributed by atoms with van der Waals surface area (Å²) in [5.41, 5.74) is -0.0150. The van der Waals surface area contributed by atoms with Crippen LogP contribution in [-0.2, 0) is 0 Å². The van der Waals surface area contributed by atoms with E-state index in [1.807, 2.05) is 0 Å². The highest BCUT2D eigenvalue weighted by Crippen LogP contribution is 2.34. The van der Waals surface area contributed by atoms with Crippen molar-refractivity contribution in [2.24, 2.45) is 0 Å². The smallest absolute Gasteiger partial charge is 0.173 e. The van der Waals surface area contributed by atoms with Crippen LogP contribution < -0.4 is 4.74 Å². The number of carbonyl (C=O) groups excluding carboxylic acids is 1. The highest BCUT2D eigenvalue weighted by molar-refractivity contribution is 6.32. The first kappa shape index (κ1) is 8.51. The van der Waals surface area contributed by atoms with Crippen LogP contribution >= 0.6 is 11.6 Å². The first-order chi connectivity index (χ1) is 6.20. The third-order valence-electron chi connectivity index (χ3n) is 1.91. The molecule has 68 valence electrons. The molecule has 0 atom stereocenters. The lowest BCUT2D eigenvalue weighted by atomic mass is 10.0. The molecular weight excluding hydrogens is 195 g/mol. The fourth-order valence-electron chi connectivity index (χ4n) is 1.30. The molecule has 1 aromatic rings. The average Bonchev–Trinajstić information content (AvgIpc) is 2.12. The molecule has 0 bridgehead atoms. The quantitative estimate of drug-likeness (QED) is 0.643. The SMILES string of the molecule is O=C1CCOc2c(Cl)ccc(F)c21. The van der Waals surface area contributed by atoms with Gasteiger partial charge < -0.3 is 4.74 Å². The fourth-order valence-corrected chi connectivity index (χ4v) is 1.52. The Labute approximate surface area is 79.3 Å². The molecule has 1 heterocycles. The molecule has 1 aromatic carbocycles. The van der Waals surface area contributed by atoms with E-state index in [0.29, 0.717) is 0 Å². The molecule has 0 N–H and O–H groups in total. The van der Waals surface area contributed by atoms with Gasteiger partial charge in [0.15, 0.2) is 11.5 Å². The zero-order chi connectivity index (χ0) is 9.42. The van der Waals surface area contributed by atoms with Gasteiger partial charge in [-0.05, 0) is 12.1 Å². The van der Waals surface area contributed by atoms with Gasteiger partial charge in [-0.3, -0.25) is 4.79 Å². The van der Waals surface area contributed by atoms with E-state index in [1.54, 1.807) is 0 Å². The number of fused-ring (bicyclic) bond motifs is 1. The van der Waals surface area contributed by atoms with E-state index < -0.39 is 5.82 Å². The second kappa shape index (κ2) is 3.00. The summed E-state index contributed by atoms with van der Waals surface area (Å²) in [6, 6.07) is 2.56. The Kier molecular flexibility index (Phi) is 1.96. The molecule has 0 radical (unpaired) electrons. The molecule has 0 fully saturated rings. The van der Waals surface area contributed by atoms with Crippen LogP contribution in [0.1, 0.15) is 16.8 Å². The molecule has 2 nitrogen and oxygen atoms in total. The topological polar surface area (TPSA) is 26.3 Å². The van der Waals surface area contributed by atoms with Crippen molar-refractivity contribution in [2.45, 2.75) is 6.42 Å². The maximum atomic E-state index is 13.1. The summed E-state index contributed by atoms with van der Waals surface area (Å²) in [6.45, 7) is 0.273. The van der Waals surface area contributed by atoms with Crippen LogP contribution in [0.5, 0.6) is 5.75 Å². The maximum absolute atomic E-state index is 13.1. The van der Waals surface area contributed by atoms with E-state index in [0.717, 1.165) is 0 Å². The molecule has 0 saturated carbocycles. The lowest BCUT2D eigenvalue weighted by molar-refractivity contribution is 0.0928. The van der Waals surface area contributed by atoms with Gasteiger partial charge in [-0.2, -0.15) is 0 Å². The minimum Gasteiger partial charge on any atom is -0.491 e. The van der Waals surface area contributed by atoms with E-state index in [-0.39, 0.29) is 35.1 Å². The van der Waals surface area contributed by atoms with Crippen LogP contribution in [0.2, 0.25) is 5.02 Å². The molecule has 2 rings (SSSR count). The Bertz CT molecular complexity index is 376. The van der Waals surface area contributed by atoms with Gasteiger partial charge in [0.05, 0.1) is 17.2 Å². The number of ether oxygens (including phenoxy) is 1. The monoisotopic (exact) mass is 200 g/mol. The number of carbonyl (C=O) groups is 1. The van der Waals surface area contributed by atoms with Crippen molar-refractivity contribution in [1.29, 1.82) is 0 Å². The first-order valence-corrected chi connectivity index (χ1v) is 4.22. The predicted molar refractivity (Wildman–Crippen MR) is 45.9 cm³/mol. The third-order valence-corrected chi connectivity index (χ3v) is 2.21. The molecule has 1 aliphatic heterocycles. The molecular formula is C9H6ClFO2. The summed E-state index contributed by atoms with van der Waals surface area (Å²) >= 11 is 5.74. The van der Waals surface area contributed by atoms with Gasteiger partial charge >= 0.3 is 0 Å². The number of Topliss-reactive ketones (excluding diaryl/α,β-unsaturated/α-hetero) is 1. The van der Waals surface area contributed by atoms with Gasteiger partial charge in [-0.1, -0.05) is 11.6 Å². The van der Waals surface area contributed by atoms with Crippen molar-refractivity contribution in [2.75, 3.05) is 6.61 Å². The van der Waals surface area contributed by atoms with Crippen LogP contribution in [0.25, 0.3) is 0 Å². The van der Waals surface area contributed by atoms with Gasteiger partial charge in [-0.15, -0.1) is 0 Å². The molecule has 0 unspecified atom stereocenters. The Morgan fingerprint density at radius 1 is 1.46 bits per heavy atom. The molecule has 1 aliphatic rings. The van der Waals surface area contributed by atoms with E-state index in [2.05, 4.69) is 0 Å². The highest BCUT2D eigenvalue weighted by atomic mass is 35.5. The van der Waals surface area contributed by atoms with Crippen molar-refractivity contribution in [3.8, 4) is 5.75 Å².